The molecule has 4 heteroatoms. The predicted octanol–water partition coefficient (Wildman–Crippen LogP) is 3.52. The van der Waals surface area contributed by atoms with E-state index in [1.54, 1.807) is 30.5 Å². The molecule has 1 aromatic carbocycles. The van der Waals surface area contributed by atoms with Crippen molar-refractivity contribution in [2.45, 2.75) is 12.8 Å². The summed E-state index contributed by atoms with van der Waals surface area (Å²) >= 11 is 5.82. The Morgan fingerprint density at radius 3 is 2.89 bits per heavy atom. The van der Waals surface area contributed by atoms with Crippen molar-refractivity contribution in [2.75, 3.05) is 6.61 Å². The molecule has 2 aromatic rings. The molecule has 0 N–H and O–H groups in total. The number of esters is 1. The van der Waals surface area contributed by atoms with Gasteiger partial charge in [-0.2, -0.15) is 0 Å². The van der Waals surface area contributed by atoms with Gasteiger partial charge in [-0.05, 0) is 42.7 Å². The van der Waals surface area contributed by atoms with Crippen LogP contribution in [-0.4, -0.2) is 17.6 Å². The average molecular weight is 276 g/mol. The quantitative estimate of drug-likeness (QED) is 0.619. The Labute approximate surface area is 117 Å². The normalized spacial score (nSPS) is 10.2. The van der Waals surface area contributed by atoms with Crippen LogP contribution in [0.2, 0.25) is 5.02 Å². The molecule has 0 aliphatic carbocycles. The number of hydrogen-bond acceptors (Lipinski definition) is 3. The van der Waals surface area contributed by atoms with Crippen LogP contribution in [-0.2, 0) is 11.2 Å². The zero-order chi connectivity index (χ0) is 13.5. The van der Waals surface area contributed by atoms with Crippen molar-refractivity contribution >= 4 is 17.6 Å². The third-order valence-corrected chi connectivity index (χ3v) is 2.86. The summed E-state index contributed by atoms with van der Waals surface area (Å²) in [5, 5.41) is 0.532. The van der Waals surface area contributed by atoms with E-state index < -0.39 is 0 Å². The monoisotopic (exact) mass is 275 g/mol. The second kappa shape index (κ2) is 6.90. The lowest BCUT2D eigenvalue weighted by atomic mass is 10.2. The van der Waals surface area contributed by atoms with Gasteiger partial charge in [-0.25, -0.2) is 4.79 Å². The van der Waals surface area contributed by atoms with Gasteiger partial charge in [0.2, 0.25) is 0 Å². The predicted molar refractivity (Wildman–Crippen MR) is 74.3 cm³/mol. The van der Waals surface area contributed by atoms with E-state index >= 15 is 0 Å². The first-order valence-electron chi connectivity index (χ1n) is 6.07. The van der Waals surface area contributed by atoms with Crippen LogP contribution < -0.4 is 0 Å². The number of ether oxygens (including phenoxy) is 1. The Morgan fingerprint density at radius 1 is 1.26 bits per heavy atom. The molecule has 0 bridgehead atoms. The number of halogens is 1. The van der Waals surface area contributed by atoms with Gasteiger partial charge in [0.05, 0.1) is 12.2 Å². The maximum Gasteiger partial charge on any atom is 0.338 e. The zero-order valence-corrected chi connectivity index (χ0v) is 11.1. The molecule has 3 nitrogen and oxygen atoms in total. The summed E-state index contributed by atoms with van der Waals surface area (Å²) in [5.41, 5.74) is 1.62. The van der Waals surface area contributed by atoms with Crippen LogP contribution in [0.1, 0.15) is 22.3 Å². The van der Waals surface area contributed by atoms with E-state index in [9.17, 15) is 4.79 Å². The van der Waals surface area contributed by atoms with Gasteiger partial charge in [0.25, 0.3) is 0 Å². The highest BCUT2D eigenvalue weighted by molar-refractivity contribution is 6.30. The van der Waals surface area contributed by atoms with E-state index in [0.717, 1.165) is 18.4 Å². The van der Waals surface area contributed by atoms with Gasteiger partial charge in [-0.1, -0.05) is 23.7 Å². The van der Waals surface area contributed by atoms with Crippen molar-refractivity contribution in [3.05, 3.63) is 64.9 Å². The fourth-order valence-electron chi connectivity index (χ4n) is 1.69. The fourth-order valence-corrected chi connectivity index (χ4v) is 1.88. The van der Waals surface area contributed by atoms with Gasteiger partial charge in [-0.15, -0.1) is 0 Å². The molecule has 1 aromatic heterocycles. The second-order valence-electron chi connectivity index (χ2n) is 4.11. The summed E-state index contributed by atoms with van der Waals surface area (Å²) in [7, 11) is 0. The van der Waals surface area contributed by atoms with Crippen LogP contribution in [0, 0.1) is 0 Å². The Hall–Kier alpha value is -1.87. The number of carbonyl (C=O) groups excluding carboxylic acids is 1. The van der Waals surface area contributed by atoms with E-state index in [-0.39, 0.29) is 5.97 Å². The number of aryl methyl sites for hydroxylation is 1. The van der Waals surface area contributed by atoms with Crippen molar-refractivity contribution in [1.29, 1.82) is 0 Å². The molecule has 0 saturated carbocycles. The maximum atomic E-state index is 11.7. The van der Waals surface area contributed by atoms with Crippen LogP contribution >= 0.6 is 11.6 Å². The average Bonchev–Trinajstić information content (AvgIpc) is 2.44. The number of nitrogens with zero attached hydrogens (tertiary/aromatic N) is 1. The van der Waals surface area contributed by atoms with Crippen LogP contribution in [0.4, 0.5) is 0 Å². The van der Waals surface area contributed by atoms with E-state index in [4.69, 9.17) is 16.3 Å². The molecule has 0 atom stereocenters. The van der Waals surface area contributed by atoms with Crippen LogP contribution in [0.5, 0.6) is 0 Å². The van der Waals surface area contributed by atoms with E-state index in [0.29, 0.717) is 17.2 Å². The molecule has 0 radical (unpaired) electrons. The van der Waals surface area contributed by atoms with Crippen LogP contribution in [0.3, 0.4) is 0 Å². The summed E-state index contributed by atoms with van der Waals surface area (Å²) in [4.78, 5) is 15.7. The lowest BCUT2D eigenvalue weighted by molar-refractivity contribution is 0.0500. The van der Waals surface area contributed by atoms with Gasteiger partial charge in [0.1, 0.15) is 0 Å². The van der Waals surface area contributed by atoms with Crippen molar-refractivity contribution in [1.82, 2.24) is 4.98 Å². The lowest BCUT2D eigenvalue weighted by Crippen LogP contribution is -2.07. The molecule has 0 spiro atoms. The van der Waals surface area contributed by atoms with E-state index in [1.807, 2.05) is 18.3 Å². The minimum Gasteiger partial charge on any atom is -0.462 e. The topological polar surface area (TPSA) is 39.2 Å². The van der Waals surface area contributed by atoms with Crippen molar-refractivity contribution in [2.24, 2.45) is 0 Å². The summed E-state index contributed by atoms with van der Waals surface area (Å²) < 4.78 is 5.19. The van der Waals surface area contributed by atoms with Gasteiger partial charge >= 0.3 is 5.97 Å². The number of carbonyl (C=O) groups is 1. The Balaban J connectivity index is 1.75. The number of rotatable bonds is 5. The minimum atomic E-state index is -0.339. The first kappa shape index (κ1) is 13.6. The number of pyridine rings is 1. The number of benzene rings is 1. The minimum absolute atomic E-state index is 0.339. The molecule has 0 unspecified atom stereocenters. The number of aromatic nitrogens is 1. The highest BCUT2D eigenvalue weighted by atomic mass is 35.5. The second-order valence-corrected chi connectivity index (χ2v) is 4.55. The number of hydrogen-bond donors (Lipinski definition) is 0. The summed E-state index contributed by atoms with van der Waals surface area (Å²) in [6, 6.07) is 10.6. The smallest absolute Gasteiger partial charge is 0.338 e. The van der Waals surface area contributed by atoms with Gasteiger partial charge in [-0.3, -0.25) is 4.98 Å². The first-order valence-corrected chi connectivity index (χ1v) is 6.45. The molecular weight excluding hydrogens is 262 g/mol. The highest BCUT2D eigenvalue weighted by Crippen LogP contribution is 2.11. The summed E-state index contributed by atoms with van der Waals surface area (Å²) in [6.45, 7) is 0.389. The van der Waals surface area contributed by atoms with E-state index in [1.165, 1.54) is 0 Å². The lowest BCUT2D eigenvalue weighted by Gasteiger charge is -2.05. The zero-order valence-electron chi connectivity index (χ0n) is 10.4. The van der Waals surface area contributed by atoms with Gasteiger partial charge < -0.3 is 4.74 Å². The van der Waals surface area contributed by atoms with Crippen LogP contribution in [0.15, 0.2) is 48.8 Å². The molecule has 98 valence electrons. The van der Waals surface area contributed by atoms with Gasteiger partial charge in [0.15, 0.2) is 0 Å². The standard InChI is InChI=1S/C15H14ClNO2/c16-14-7-1-6-13(10-14)15(18)19-9-3-5-12-4-2-8-17-11-12/h1-2,4,6-8,10-11H,3,5,9H2. The van der Waals surface area contributed by atoms with E-state index in [2.05, 4.69) is 4.98 Å². The van der Waals surface area contributed by atoms with Crippen molar-refractivity contribution < 1.29 is 9.53 Å². The fraction of sp³-hybridized carbons (Fsp3) is 0.200. The van der Waals surface area contributed by atoms with Crippen molar-refractivity contribution in [3.63, 3.8) is 0 Å². The molecule has 0 aliphatic rings. The Bertz CT molecular complexity index is 543. The molecule has 1 heterocycles. The Morgan fingerprint density at radius 2 is 2.16 bits per heavy atom. The SMILES string of the molecule is O=C(OCCCc1cccnc1)c1cccc(Cl)c1. The molecular formula is C15H14ClNO2. The Kier molecular flexibility index (Phi) is 4.93. The molecule has 0 saturated heterocycles. The third kappa shape index (κ3) is 4.38. The first-order chi connectivity index (χ1) is 9.25. The maximum absolute atomic E-state index is 11.7. The summed E-state index contributed by atoms with van der Waals surface area (Å²) in [5.74, 6) is -0.339. The third-order valence-electron chi connectivity index (χ3n) is 2.63. The van der Waals surface area contributed by atoms with Gasteiger partial charge in [0, 0.05) is 17.4 Å². The largest absolute Gasteiger partial charge is 0.462 e. The molecule has 2 rings (SSSR count). The van der Waals surface area contributed by atoms with Crippen molar-refractivity contribution in [3.8, 4) is 0 Å². The molecule has 19 heavy (non-hydrogen) atoms. The highest BCUT2D eigenvalue weighted by Gasteiger charge is 2.06. The van der Waals surface area contributed by atoms with Crippen LogP contribution in [0.25, 0.3) is 0 Å². The molecule has 0 fully saturated rings. The molecule has 0 amide bonds. The molecule has 0 aliphatic heterocycles. The summed E-state index contributed by atoms with van der Waals surface area (Å²) in [6.07, 6.45) is 5.18.